The number of thiophene rings is 1. The number of amides is 1. The number of carbonyl (C=O) groups is 2. The van der Waals surface area contributed by atoms with Crippen molar-refractivity contribution in [2.24, 2.45) is 0 Å². The van der Waals surface area contributed by atoms with Gasteiger partial charge in [0.05, 0.1) is 14.7 Å². The maximum atomic E-state index is 12.2. The van der Waals surface area contributed by atoms with Gasteiger partial charge in [0.1, 0.15) is 6.04 Å². The summed E-state index contributed by atoms with van der Waals surface area (Å²) in [6.45, 7) is 1.85. The van der Waals surface area contributed by atoms with Crippen LogP contribution >= 0.6 is 39.0 Å². The molecule has 1 aliphatic rings. The lowest BCUT2D eigenvalue weighted by atomic mass is 10.2. The highest BCUT2D eigenvalue weighted by atomic mass is 79.9. The maximum absolute atomic E-state index is 12.2. The van der Waals surface area contributed by atoms with Crippen LogP contribution in [0.2, 0.25) is 0 Å². The van der Waals surface area contributed by atoms with Crippen LogP contribution in [0.1, 0.15) is 17.3 Å². The highest BCUT2D eigenvalue weighted by Gasteiger charge is 2.39. The zero-order valence-electron chi connectivity index (χ0n) is 8.92. The molecule has 1 fully saturated rings. The summed E-state index contributed by atoms with van der Waals surface area (Å²) in [5.74, 6) is -0.700. The Kier molecular flexibility index (Phi) is 3.79. The monoisotopic (exact) mass is 335 g/mol. The van der Waals surface area contributed by atoms with Crippen molar-refractivity contribution in [3.05, 3.63) is 20.8 Å². The summed E-state index contributed by atoms with van der Waals surface area (Å²) in [4.78, 5) is 24.8. The third kappa shape index (κ3) is 2.51. The van der Waals surface area contributed by atoms with Gasteiger partial charge in [-0.05, 0) is 28.9 Å². The van der Waals surface area contributed by atoms with Crippen molar-refractivity contribution in [2.75, 3.05) is 5.75 Å². The van der Waals surface area contributed by atoms with Gasteiger partial charge in [-0.3, -0.25) is 4.79 Å². The van der Waals surface area contributed by atoms with Crippen LogP contribution in [0.25, 0.3) is 0 Å². The van der Waals surface area contributed by atoms with Crippen LogP contribution in [-0.2, 0) is 4.79 Å². The summed E-state index contributed by atoms with van der Waals surface area (Å²) in [7, 11) is 0. The van der Waals surface area contributed by atoms with E-state index in [1.54, 1.807) is 11.4 Å². The van der Waals surface area contributed by atoms with Crippen LogP contribution in [0, 0.1) is 0 Å². The molecule has 2 heterocycles. The van der Waals surface area contributed by atoms with Crippen molar-refractivity contribution < 1.29 is 14.7 Å². The van der Waals surface area contributed by atoms with E-state index in [1.807, 2.05) is 6.92 Å². The zero-order chi connectivity index (χ0) is 12.6. The number of carboxylic acid groups (broad SMARTS) is 1. The van der Waals surface area contributed by atoms with Crippen molar-refractivity contribution in [2.45, 2.75) is 18.3 Å². The van der Waals surface area contributed by atoms with Gasteiger partial charge in [-0.15, -0.1) is 23.1 Å². The molecule has 1 aromatic heterocycles. The lowest BCUT2D eigenvalue weighted by molar-refractivity contribution is -0.141. The SMILES string of the molecule is CC1SCC(C(=O)O)N1C(=O)c1csc(Br)c1. The molecule has 0 spiro atoms. The molecule has 1 aliphatic heterocycles. The lowest BCUT2D eigenvalue weighted by Gasteiger charge is -2.24. The molecule has 92 valence electrons. The molecule has 4 nitrogen and oxygen atoms in total. The van der Waals surface area contributed by atoms with Crippen molar-refractivity contribution in [1.82, 2.24) is 4.90 Å². The lowest BCUT2D eigenvalue weighted by Crippen LogP contribution is -2.44. The summed E-state index contributed by atoms with van der Waals surface area (Å²) in [5.41, 5.74) is 0.544. The molecule has 2 unspecified atom stereocenters. The zero-order valence-corrected chi connectivity index (χ0v) is 12.1. The predicted octanol–water partition coefficient (Wildman–Crippen LogP) is 2.50. The first kappa shape index (κ1) is 12.9. The highest BCUT2D eigenvalue weighted by Crippen LogP contribution is 2.31. The minimum absolute atomic E-state index is 0.0951. The Balaban J connectivity index is 2.25. The van der Waals surface area contributed by atoms with Crippen molar-refractivity contribution in [1.29, 1.82) is 0 Å². The van der Waals surface area contributed by atoms with Crippen molar-refractivity contribution in [3.63, 3.8) is 0 Å². The number of aliphatic carboxylic acids is 1. The average Bonchev–Trinajstić information content (AvgIpc) is 2.83. The standard InChI is InChI=1S/C10H10BrNO3S2/c1-5-12(7(4-16-5)10(14)15)9(13)6-2-8(11)17-3-6/h2-3,5,7H,4H2,1H3,(H,14,15). The molecule has 1 aromatic rings. The molecule has 0 saturated carbocycles. The van der Waals surface area contributed by atoms with Gasteiger partial charge in [0.15, 0.2) is 0 Å². The van der Waals surface area contributed by atoms with Gasteiger partial charge in [0.2, 0.25) is 0 Å². The van der Waals surface area contributed by atoms with Gasteiger partial charge in [0, 0.05) is 11.1 Å². The molecule has 0 aromatic carbocycles. The van der Waals surface area contributed by atoms with E-state index in [4.69, 9.17) is 5.11 Å². The topological polar surface area (TPSA) is 57.6 Å². The summed E-state index contributed by atoms with van der Waals surface area (Å²) in [6, 6.07) is 1.00. The van der Waals surface area contributed by atoms with E-state index in [-0.39, 0.29) is 11.3 Å². The van der Waals surface area contributed by atoms with E-state index in [9.17, 15) is 9.59 Å². The van der Waals surface area contributed by atoms with Gasteiger partial charge in [-0.2, -0.15) is 0 Å². The number of thioether (sulfide) groups is 1. The quantitative estimate of drug-likeness (QED) is 0.902. The van der Waals surface area contributed by atoms with Crippen molar-refractivity contribution in [3.8, 4) is 0 Å². The summed E-state index contributed by atoms with van der Waals surface area (Å²) >= 11 is 6.20. The predicted molar refractivity (Wildman–Crippen MR) is 71.5 cm³/mol. The molecule has 0 radical (unpaired) electrons. The van der Waals surface area contributed by atoms with E-state index in [2.05, 4.69) is 15.9 Å². The number of rotatable bonds is 2. The molecular weight excluding hydrogens is 326 g/mol. The fraction of sp³-hybridized carbons (Fsp3) is 0.400. The smallest absolute Gasteiger partial charge is 0.327 e. The first-order valence-corrected chi connectivity index (χ1v) is 7.64. The average molecular weight is 336 g/mol. The second-order valence-corrected chi connectivity index (χ2v) is 7.28. The minimum Gasteiger partial charge on any atom is -0.480 e. The van der Waals surface area contributed by atoms with Crippen LogP contribution in [-0.4, -0.2) is 39.1 Å². The molecule has 0 aliphatic carbocycles. The van der Waals surface area contributed by atoms with Crippen LogP contribution < -0.4 is 0 Å². The molecule has 1 N–H and O–H groups in total. The molecule has 0 bridgehead atoms. The van der Waals surface area contributed by atoms with E-state index >= 15 is 0 Å². The van der Waals surface area contributed by atoms with E-state index in [1.165, 1.54) is 28.0 Å². The van der Waals surface area contributed by atoms with E-state index in [0.717, 1.165) is 3.79 Å². The summed E-state index contributed by atoms with van der Waals surface area (Å²) < 4.78 is 0.868. The Labute approximate surface area is 115 Å². The summed E-state index contributed by atoms with van der Waals surface area (Å²) in [6.07, 6.45) is 0. The molecule has 2 rings (SSSR count). The minimum atomic E-state index is -0.940. The molecule has 1 amide bonds. The highest BCUT2D eigenvalue weighted by molar-refractivity contribution is 9.11. The number of carboxylic acids is 1. The Bertz CT molecular complexity index is 462. The Hall–Kier alpha value is -0.530. The molecule has 17 heavy (non-hydrogen) atoms. The Morgan fingerprint density at radius 1 is 1.59 bits per heavy atom. The fourth-order valence-electron chi connectivity index (χ4n) is 1.71. The fourth-order valence-corrected chi connectivity index (χ4v) is 4.01. The van der Waals surface area contributed by atoms with Crippen LogP contribution in [0.4, 0.5) is 0 Å². The van der Waals surface area contributed by atoms with Gasteiger partial charge in [0.25, 0.3) is 5.91 Å². The number of hydrogen-bond donors (Lipinski definition) is 1. The first-order chi connectivity index (χ1) is 8.00. The normalized spacial score (nSPS) is 24.0. The molecular formula is C10H10BrNO3S2. The van der Waals surface area contributed by atoms with Crippen LogP contribution in [0.3, 0.4) is 0 Å². The van der Waals surface area contributed by atoms with E-state index in [0.29, 0.717) is 11.3 Å². The number of nitrogens with zero attached hydrogens (tertiary/aromatic N) is 1. The molecule has 1 saturated heterocycles. The third-order valence-corrected chi connectivity index (χ3v) is 5.28. The second-order valence-electron chi connectivity index (χ2n) is 3.64. The van der Waals surface area contributed by atoms with Gasteiger partial charge < -0.3 is 10.0 Å². The van der Waals surface area contributed by atoms with Crippen LogP contribution in [0.15, 0.2) is 15.2 Å². The molecule has 7 heteroatoms. The number of carbonyl (C=O) groups excluding carboxylic acids is 1. The first-order valence-electron chi connectivity index (χ1n) is 4.92. The maximum Gasteiger partial charge on any atom is 0.327 e. The van der Waals surface area contributed by atoms with E-state index < -0.39 is 12.0 Å². The van der Waals surface area contributed by atoms with Crippen molar-refractivity contribution >= 4 is 50.9 Å². The summed E-state index contributed by atoms with van der Waals surface area (Å²) in [5, 5.41) is 10.7. The Morgan fingerprint density at radius 3 is 2.82 bits per heavy atom. The number of halogens is 1. The third-order valence-electron chi connectivity index (χ3n) is 2.56. The van der Waals surface area contributed by atoms with Crippen LogP contribution in [0.5, 0.6) is 0 Å². The largest absolute Gasteiger partial charge is 0.480 e. The van der Waals surface area contributed by atoms with Gasteiger partial charge >= 0.3 is 5.97 Å². The number of hydrogen-bond acceptors (Lipinski definition) is 4. The van der Waals surface area contributed by atoms with Gasteiger partial charge in [-0.25, -0.2) is 4.79 Å². The molecule has 2 atom stereocenters. The Morgan fingerprint density at radius 2 is 2.29 bits per heavy atom. The van der Waals surface area contributed by atoms with Gasteiger partial charge in [-0.1, -0.05) is 0 Å². The second kappa shape index (κ2) is 4.99.